The summed E-state index contributed by atoms with van der Waals surface area (Å²) >= 11 is 3.35. The second-order valence-electron chi connectivity index (χ2n) is 3.85. The van der Waals surface area contributed by atoms with E-state index in [0.29, 0.717) is 11.3 Å². The van der Waals surface area contributed by atoms with Crippen LogP contribution in [-0.4, -0.2) is 11.9 Å². The van der Waals surface area contributed by atoms with Gasteiger partial charge in [-0.1, -0.05) is 12.2 Å². The van der Waals surface area contributed by atoms with Crippen LogP contribution in [0.1, 0.15) is 23.2 Å². The number of halogens is 1. The van der Waals surface area contributed by atoms with E-state index >= 15 is 0 Å². The molecule has 1 aliphatic rings. The van der Waals surface area contributed by atoms with Gasteiger partial charge in [-0.05, 0) is 47.0 Å². The fraction of sp³-hybridized carbons (Fsp3) is 0.250. The van der Waals surface area contributed by atoms with Crippen LogP contribution in [0, 0.1) is 0 Å². The van der Waals surface area contributed by atoms with Crippen LogP contribution in [0.2, 0.25) is 0 Å². The van der Waals surface area contributed by atoms with Crippen molar-refractivity contribution in [2.75, 3.05) is 5.73 Å². The highest BCUT2D eigenvalue weighted by Crippen LogP contribution is 2.20. The third kappa shape index (κ3) is 2.44. The quantitative estimate of drug-likeness (QED) is 0.646. The van der Waals surface area contributed by atoms with Gasteiger partial charge in [-0.15, -0.1) is 0 Å². The van der Waals surface area contributed by atoms with Gasteiger partial charge in [0.25, 0.3) is 5.91 Å². The summed E-state index contributed by atoms with van der Waals surface area (Å²) in [7, 11) is 0. The molecule has 0 radical (unpaired) electrons. The Bertz CT molecular complexity index is 435. The van der Waals surface area contributed by atoms with Gasteiger partial charge in [0.2, 0.25) is 0 Å². The molecule has 3 nitrogen and oxygen atoms in total. The summed E-state index contributed by atoms with van der Waals surface area (Å²) in [6, 6.07) is 5.46. The van der Waals surface area contributed by atoms with Crippen LogP contribution in [0.4, 0.5) is 5.69 Å². The van der Waals surface area contributed by atoms with Crippen molar-refractivity contribution in [3.05, 3.63) is 40.4 Å². The number of hydrogen-bond acceptors (Lipinski definition) is 2. The molecule has 0 saturated carbocycles. The van der Waals surface area contributed by atoms with Gasteiger partial charge < -0.3 is 11.1 Å². The van der Waals surface area contributed by atoms with E-state index in [1.54, 1.807) is 18.2 Å². The van der Waals surface area contributed by atoms with Crippen molar-refractivity contribution in [3.63, 3.8) is 0 Å². The molecular formula is C12H13BrN2O. The molecule has 1 amide bonds. The highest BCUT2D eigenvalue weighted by atomic mass is 79.9. The SMILES string of the molecule is Nc1ccc(Br)c(C(=O)NC2CC=CC2)c1. The van der Waals surface area contributed by atoms with Crippen molar-refractivity contribution in [2.24, 2.45) is 0 Å². The highest BCUT2D eigenvalue weighted by Gasteiger charge is 2.16. The lowest BCUT2D eigenvalue weighted by molar-refractivity contribution is 0.0938. The fourth-order valence-electron chi connectivity index (χ4n) is 1.72. The summed E-state index contributed by atoms with van der Waals surface area (Å²) in [5.74, 6) is -0.0760. The lowest BCUT2D eigenvalue weighted by Crippen LogP contribution is -2.33. The molecule has 0 saturated heterocycles. The first-order valence-electron chi connectivity index (χ1n) is 5.17. The van der Waals surface area contributed by atoms with Crippen LogP contribution >= 0.6 is 15.9 Å². The van der Waals surface area contributed by atoms with E-state index in [1.165, 1.54) is 0 Å². The fourth-order valence-corrected chi connectivity index (χ4v) is 2.14. The number of benzene rings is 1. The molecule has 0 spiro atoms. The van der Waals surface area contributed by atoms with Crippen LogP contribution in [-0.2, 0) is 0 Å². The first-order valence-corrected chi connectivity index (χ1v) is 5.97. The Hall–Kier alpha value is -1.29. The normalized spacial score (nSPS) is 15.3. The maximum Gasteiger partial charge on any atom is 0.252 e. The van der Waals surface area contributed by atoms with Crippen molar-refractivity contribution in [2.45, 2.75) is 18.9 Å². The highest BCUT2D eigenvalue weighted by molar-refractivity contribution is 9.10. The molecule has 84 valence electrons. The van der Waals surface area contributed by atoms with Gasteiger partial charge >= 0.3 is 0 Å². The van der Waals surface area contributed by atoms with Crippen molar-refractivity contribution < 1.29 is 4.79 Å². The summed E-state index contributed by atoms with van der Waals surface area (Å²) in [6.45, 7) is 0. The predicted molar refractivity (Wildman–Crippen MR) is 68.2 cm³/mol. The monoisotopic (exact) mass is 280 g/mol. The molecule has 0 bridgehead atoms. The molecular weight excluding hydrogens is 268 g/mol. The molecule has 2 rings (SSSR count). The summed E-state index contributed by atoms with van der Waals surface area (Å²) < 4.78 is 0.769. The van der Waals surface area contributed by atoms with Crippen LogP contribution in [0.25, 0.3) is 0 Å². The van der Waals surface area contributed by atoms with Crippen molar-refractivity contribution in [1.82, 2.24) is 5.32 Å². The smallest absolute Gasteiger partial charge is 0.252 e. The Morgan fingerprint density at radius 2 is 2.06 bits per heavy atom. The molecule has 0 fully saturated rings. The lowest BCUT2D eigenvalue weighted by Gasteiger charge is -2.13. The minimum atomic E-state index is -0.0760. The Balaban J connectivity index is 2.10. The standard InChI is InChI=1S/C12H13BrN2O/c13-11-6-5-8(14)7-10(11)12(16)15-9-3-1-2-4-9/h1-2,5-7,9H,3-4,14H2,(H,15,16). The molecule has 1 aromatic carbocycles. The third-order valence-corrected chi connectivity index (χ3v) is 3.27. The maximum atomic E-state index is 11.9. The second kappa shape index (κ2) is 4.70. The largest absolute Gasteiger partial charge is 0.399 e. The Kier molecular flexibility index (Phi) is 3.29. The number of carbonyl (C=O) groups is 1. The van der Waals surface area contributed by atoms with Gasteiger partial charge in [-0.25, -0.2) is 0 Å². The molecule has 4 heteroatoms. The number of nitrogen functional groups attached to an aromatic ring is 1. The number of nitrogens with two attached hydrogens (primary N) is 1. The first-order chi connectivity index (χ1) is 7.66. The van der Waals surface area contributed by atoms with Crippen molar-refractivity contribution >= 4 is 27.5 Å². The summed E-state index contributed by atoms with van der Waals surface area (Å²) in [5, 5.41) is 2.98. The van der Waals surface area contributed by atoms with Gasteiger partial charge in [0, 0.05) is 16.2 Å². The number of nitrogens with one attached hydrogen (secondary N) is 1. The molecule has 0 atom stereocenters. The minimum absolute atomic E-state index is 0.0760. The Morgan fingerprint density at radius 3 is 2.75 bits per heavy atom. The lowest BCUT2D eigenvalue weighted by atomic mass is 10.1. The van der Waals surface area contributed by atoms with E-state index < -0.39 is 0 Å². The summed E-state index contributed by atoms with van der Waals surface area (Å²) in [5.41, 5.74) is 6.85. The Labute approximate surface area is 103 Å². The number of rotatable bonds is 2. The first kappa shape index (κ1) is 11.2. The van der Waals surface area contributed by atoms with E-state index in [9.17, 15) is 4.79 Å². The van der Waals surface area contributed by atoms with Gasteiger partial charge in [0.15, 0.2) is 0 Å². The number of amides is 1. The summed E-state index contributed by atoms with van der Waals surface area (Å²) in [4.78, 5) is 11.9. The van der Waals surface area contributed by atoms with E-state index in [-0.39, 0.29) is 11.9 Å². The number of anilines is 1. The van der Waals surface area contributed by atoms with Crippen LogP contribution in [0.15, 0.2) is 34.8 Å². The topological polar surface area (TPSA) is 55.1 Å². The zero-order valence-corrected chi connectivity index (χ0v) is 10.3. The molecule has 16 heavy (non-hydrogen) atoms. The van der Waals surface area contributed by atoms with E-state index in [1.807, 2.05) is 0 Å². The maximum absolute atomic E-state index is 11.9. The van der Waals surface area contributed by atoms with Crippen LogP contribution < -0.4 is 11.1 Å². The zero-order valence-electron chi connectivity index (χ0n) is 8.74. The van der Waals surface area contributed by atoms with Crippen LogP contribution in [0.3, 0.4) is 0 Å². The third-order valence-electron chi connectivity index (χ3n) is 2.58. The number of carbonyl (C=O) groups excluding carboxylic acids is 1. The average Bonchev–Trinajstić information content (AvgIpc) is 2.74. The molecule has 1 aliphatic carbocycles. The van der Waals surface area contributed by atoms with Crippen molar-refractivity contribution in [1.29, 1.82) is 0 Å². The van der Waals surface area contributed by atoms with Gasteiger partial charge in [-0.2, -0.15) is 0 Å². The molecule has 0 heterocycles. The summed E-state index contributed by atoms with van der Waals surface area (Å²) in [6.07, 6.45) is 5.98. The second-order valence-corrected chi connectivity index (χ2v) is 4.71. The van der Waals surface area contributed by atoms with Gasteiger partial charge in [0.05, 0.1) is 5.56 Å². The Morgan fingerprint density at radius 1 is 1.38 bits per heavy atom. The van der Waals surface area contributed by atoms with Gasteiger partial charge in [-0.3, -0.25) is 4.79 Å². The van der Waals surface area contributed by atoms with E-state index in [2.05, 4.69) is 33.4 Å². The molecule has 0 unspecified atom stereocenters. The minimum Gasteiger partial charge on any atom is -0.399 e. The van der Waals surface area contributed by atoms with Crippen LogP contribution in [0.5, 0.6) is 0 Å². The molecule has 0 aliphatic heterocycles. The van der Waals surface area contributed by atoms with Crippen molar-refractivity contribution in [3.8, 4) is 0 Å². The molecule has 3 N–H and O–H groups in total. The van der Waals surface area contributed by atoms with E-state index in [0.717, 1.165) is 17.3 Å². The van der Waals surface area contributed by atoms with E-state index in [4.69, 9.17) is 5.73 Å². The predicted octanol–water partition coefficient (Wildman–Crippen LogP) is 2.48. The average molecular weight is 281 g/mol. The van der Waals surface area contributed by atoms with Gasteiger partial charge in [0.1, 0.15) is 0 Å². The molecule has 1 aromatic rings. The number of hydrogen-bond donors (Lipinski definition) is 2. The zero-order chi connectivity index (χ0) is 11.5. The molecule has 0 aromatic heterocycles.